The molecule has 3 unspecified atom stereocenters. The topological polar surface area (TPSA) is 86.6 Å². The average molecular weight is 333 g/mol. The lowest BCUT2D eigenvalue weighted by atomic mass is 9.89. The summed E-state index contributed by atoms with van der Waals surface area (Å²) in [5.41, 5.74) is 0.862. The number of phenolic OH excluding ortho intramolecular Hbond substituents is 1. The molecule has 5 heteroatoms. The third-order valence-corrected chi connectivity index (χ3v) is 4.14. The Morgan fingerprint density at radius 1 is 1.25 bits per heavy atom. The lowest BCUT2D eigenvalue weighted by Gasteiger charge is -2.23. The van der Waals surface area contributed by atoms with E-state index in [0.717, 1.165) is 5.56 Å². The zero-order valence-corrected chi connectivity index (χ0v) is 14.5. The first-order valence-electron chi connectivity index (χ1n) is 8.21. The van der Waals surface area contributed by atoms with Crippen LogP contribution in [0.4, 0.5) is 0 Å². The molecule has 0 radical (unpaired) electrons. The van der Waals surface area contributed by atoms with Crippen molar-refractivity contribution in [1.82, 2.24) is 5.32 Å². The molecule has 0 saturated heterocycles. The van der Waals surface area contributed by atoms with E-state index in [-0.39, 0.29) is 35.9 Å². The van der Waals surface area contributed by atoms with Gasteiger partial charge in [0.1, 0.15) is 5.75 Å². The molecule has 0 aromatic heterocycles. The Morgan fingerprint density at radius 3 is 2.38 bits per heavy atom. The van der Waals surface area contributed by atoms with Gasteiger partial charge in [0.05, 0.1) is 6.04 Å². The van der Waals surface area contributed by atoms with Gasteiger partial charge in [0.25, 0.3) is 0 Å². The van der Waals surface area contributed by atoms with Gasteiger partial charge in [-0.15, -0.1) is 0 Å². The van der Waals surface area contributed by atoms with Crippen molar-refractivity contribution in [2.24, 2.45) is 11.8 Å². The average Bonchev–Trinajstić information content (AvgIpc) is 2.55. The molecule has 5 nitrogen and oxygen atoms in total. The Balaban J connectivity index is 2.77. The minimum atomic E-state index is -0.607. The monoisotopic (exact) mass is 333 g/mol. The molecule has 1 aromatic carbocycles. The molecule has 3 N–H and O–H groups in total. The predicted octanol–water partition coefficient (Wildman–Crippen LogP) is 2.22. The van der Waals surface area contributed by atoms with Gasteiger partial charge in [-0.05, 0) is 50.3 Å². The number of carbonyl (C=O) groups is 2. The van der Waals surface area contributed by atoms with Crippen molar-refractivity contribution in [3.8, 4) is 5.75 Å². The van der Waals surface area contributed by atoms with Crippen molar-refractivity contribution in [2.45, 2.75) is 39.7 Å². The van der Waals surface area contributed by atoms with Gasteiger partial charge in [-0.2, -0.15) is 0 Å². The lowest BCUT2D eigenvalue weighted by molar-refractivity contribution is -0.130. The summed E-state index contributed by atoms with van der Waals surface area (Å²) in [7, 11) is 0. The van der Waals surface area contributed by atoms with Crippen LogP contribution in [0.5, 0.6) is 5.75 Å². The van der Waals surface area contributed by atoms with Gasteiger partial charge in [0.15, 0.2) is 5.78 Å². The summed E-state index contributed by atoms with van der Waals surface area (Å²) >= 11 is 0. The van der Waals surface area contributed by atoms with Crippen molar-refractivity contribution < 1.29 is 19.8 Å². The minimum absolute atomic E-state index is 0.0102. The zero-order chi connectivity index (χ0) is 18.1. The second-order valence-corrected chi connectivity index (χ2v) is 6.03. The van der Waals surface area contributed by atoms with E-state index in [4.69, 9.17) is 5.11 Å². The highest BCUT2D eigenvalue weighted by Crippen LogP contribution is 2.18. The summed E-state index contributed by atoms with van der Waals surface area (Å²) in [6, 6.07) is 5.97. The molecular weight excluding hydrogens is 306 g/mol. The van der Waals surface area contributed by atoms with E-state index in [2.05, 4.69) is 5.32 Å². The van der Waals surface area contributed by atoms with Gasteiger partial charge in [-0.3, -0.25) is 9.59 Å². The van der Waals surface area contributed by atoms with E-state index in [1.165, 1.54) is 6.92 Å². The molecule has 0 aliphatic rings. The van der Waals surface area contributed by atoms with Gasteiger partial charge in [-0.1, -0.05) is 31.2 Å². The molecule has 24 heavy (non-hydrogen) atoms. The number of amides is 1. The van der Waals surface area contributed by atoms with E-state index < -0.39 is 6.04 Å². The first-order valence-corrected chi connectivity index (χ1v) is 8.21. The van der Waals surface area contributed by atoms with Crippen LogP contribution in [0.15, 0.2) is 36.4 Å². The number of phenols is 1. The van der Waals surface area contributed by atoms with Crippen molar-refractivity contribution >= 4 is 11.7 Å². The van der Waals surface area contributed by atoms with Crippen LogP contribution in [0, 0.1) is 11.8 Å². The number of ketones is 1. The summed E-state index contributed by atoms with van der Waals surface area (Å²) in [4.78, 5) is 24.4. The van der Waals surface area contributed by atoms with Crippen LogP contribution in [0.3, 0.4) is 0 Å². The largest absolute Gasteiger partial charge is 0.508 e. The van der Waals surface area contributed by atoms with Crippen LogP contribution in [0.25, 0.3) is 0 Å². The predicted molar refractivity (Wildman–Crippen MR) is 93.6 cm³/mol. The van der Waals surface area contributed by atoms with Crippen molar-refractivity contribution in [2.75, 3.05) is 6.61 Å². The third-order valence-electron chi connectivity index (χ3n) is 4.14. The van der Waals surface area contributed by atoms with Gasteiger partial charge in [0.2, 0.25) is 5.91 Å². The molecule has 0 saturated carbocycles. The molecule has 132 valence electrons. The van der Waals surface area contributed by atoms with E-state index >= 15 is 0 Å². The maximum Gasteiger partial charge on any atom is 0.224 e. The molecule has 1 amide bonds. The van der Waals surface area contributed by atoms with Crippen LogP contribution in [-0.2, 0) is 16.0 Å². The molecule has 0 aliphatic carbocycles. The van der Waals surface area contributed by atoms with Crippen LogP contribution in [-0.4, -0.2) is 34.6 Å². The summed E-state index contributed by atoms with van der Waals surface area (Å²) in [5.74, 6) is -0.566. The first-order chi connectivity index (χ1) is 11.4. The van der Waals surface area contributed by atoms with Crippen molar-refractivity contribution in [3.63, 3.8) is 0 Å². The highest BCUT2D eigenvalue weighted by molar-refractivity contribution is 5.88. The van der Waals surface area contributed by atoms with Gasteiger partial charge in [0, 0.05) is 12.5 Å². The Morgan fingerprint density at radius 2 is 1.88 bits per heavy atom. The number of aliphatic hydroxyl groups is 1. The molecule has 1 aromatic rings. The lowest BCUT2D eigenvalue weighted by Crippen LogP contribution is -2.45. The molecular formula is C19H27NO4. The maximum absolute atomic E-state index is 12.5. The molecule has 0 heterocycles. The summed E-state index contributed by atoms with van der Waals surface area (Å²) in [6.07, 6.45) is 4.65. The molecule has 0 aliphatic heterocycles. The Bertz CT molecular complexity index is 565. The van der Waals surface area contributed by atoms with Crippen LogP contribution in [0.1, 0.15) is 32.8 Å². The second-order valence-electron chi connectivity index (χ2n) is 6.03. The second kappa shape index (κ2) is 9.88. The van der Waals surface area contributed by atoms with Crippen molar-refractivity contribution in [1.29, 1.82) is 0 Å². The number of carbonyl (C=O) groups excluding carboxylic acids is 2. The summed E-state index contributed by atoms with van der Waals surface area (Å²) in [5, 5.41) is 21.3. The molecule has 1 rings (SSSR count). The number of nitrogens with one attached hydrogen (secondary N) is 1. The fourth-order valence-corrected chi connectivity index (χ4v) is 2.57. The standard InChI is InChI=1S/C19H27NO4/c1-4-5-16(10-11-21)13(2)19(24)20-18(14(3)22)12-15-6-8-17(23)9-7-15/h4-9,13,16,18,21,23H,10-12H2,1-3H3,(H,20,24)/b5-4+. The smallest absolute Gasteiger partial charge is 0.224 e. The van der Waals surface area contributed by atoms with Gasteiger partial charge < -0.3 is 15.5 Å². The highest BCUT2D eigenvalue weighted by Gasteiger charge is 2.25. The maximum atomic E-state index is 12.5. The quantitative estimate of drug-likeness (QED) is 0.605. The number of rotatable bonds is 9. The van der Waals surface area contributed by atoms with Crippen LogP contribution >= 0.6 is 0 Å². The normalized spacial score (nSPS) is 15.0. The zero-order valence-electron chi connectivity index (χ0n) is 14.5. The fraction of sp³-hybridized carbons (Fsp3) is 0.474. The van der Waals surface area contributed by atoms with E-state index in [1.54, 1.807) is 31.2 Å². The van der Waals surface area contributed by atoms with Crippen molar-refractivity contribution in [3.05, 3.63) is 42.0 Å². The number of Topliss-reactive ketones (excluding diaryl/α,β-unsaturated/α-hetero) is 1. The van der Waals surface area contributed by atoms with E-state index in [0.29, 0.717) is 12.8 Å². The number of aliphatic hydroxyl groups excluding tert-OH is 1. The SMILES string of the molecule is C/C=C/C(CCO)C(C)C(=O)NC(Cc1ccc(O)cc1)C(C)=O. The molecule has 0 spiro atoms. The Hall–Kier alpha value is -2.14. The third kappa shape index (κ3) is 6.16. The number of hydrogen-bond acceptors (Lipinski definition) is 4. The Kier molecular flexibility index (Phi) is 8.19. The van der Waals surface area contributed by atoms with Crippen LogP contribution in [0.2, 0.25) is 0 Å². The first kappa shape index (κ1) is 19.9. The number of hydrogen-bond donors (Lipinski definition) is 3. The minimum Gasteiger partial charge on any atom is -0.508 e. The Labute approximate surface area is 143 Å². The fourth-order valence-electron chi connectivity index (χ4n) is 2.57. The number of aromatic hydroxyl groups is 1. The highest BCUT2D eigenvalue weighted by atomic mass is 16.3. The van der Waals surface area contributed by atoms with E-state index in [1.807, 2.05) is 19.1 Å². The van der Waals surface area contributed by atoms with Gasteiger partial charge >= 0.3 is 0 Å². The molecule has 0 fully saturated rings. The summed E-state index contributed by atoms with van der Waals surface area (Å²) < 4.78 is 0. The van der Waals surface area contributed by atoms with Gasteiger partial charge in [-0.25, -0.2) is 0 Å². The summed E-state index contributed by atoms with van der Waals surface area (Å²) in [6.45, 7) is 5.13. The number of allylic oxidation sites excluding steroid dienone is 2. The molecule has 0 bridgehead atoms. The number of benzene rings is 1. The van der Waals surface area contributed by atoms with E-state index in [9.17, 15) is 14.7 Å². The van der Waals surface area contributed by atoms with Crippen LogP contribution < -0.4 is 5.32 Å². The molecule has 3 atom stereocenters.